The van der Waals surface area contributed by atoms with Gasteiger partial charge in [-0.1, -0.05) is 38.5 Å². The molecule has 0 radical (unpaired) electrons. The van der Waals surface area contributed by atoms with Gasteiger partial charge in [0, 0.05) is 17.9 Å². The van der Waals surface area contributed by atoms with E-state index in [0.29, 0.717) is 6.04 Å². The number of carbonyl (C=O) groups is 1. The molecule has 0 aliphatic rings. The molecule has 0 aliphatic heterocycles. The molecule has 102 valence electrons. The van der Waals surface area contributed by atoms with Crippen LogP contribution in [0.2, 0.25) is 0 Å². The van der Waals surface area contributed by atoms with Gasteiger partial charge in [0.15, 0.2) is 5.16 Å². The Morgan fingerprint density at radius 1 is 1.56 bits per heavy atom. The Balaban J connectivity index is 2.83. The average molecular weight is 270 g/mol. The van der Waals surface area contributed by atoms with Crippen molar-refractivity contribution in [3.8, 4) is 0 Å². The van der Waals surface area contributed by atoms with Crippen LogP contribution in [0.1, 0.15) is 51.8 Å². The molecular weight excluding hydrogens is 248 g/mol. The van der Waals surface area contributed by atoms with E-state index in [1.807, 2.05) is 6.20 Å². The van der Waals surface area contributed by atoms with E-state index >= 15 is 0 Å². The molecular formula is C13H22N2O2S. The van der Waals surface area contributed by atoms with Gasteiger partial charge in [-0.3, -0.25) is 4.79 Å². The lowest BCUT2D eigenvalue weighted by Crippen LogP contribution is -2.11. The molecule has 1 N–H and O–H groups in total. The molecule has 1 aromatic rings. The van der Waals surface area contributed by atoms with Crippen molar-refractivity contribution in [3.05, 3.63) is 11.9 Å². The number of rotatable bonds is 8. The SMILES string of the molecule is CCCCC(C)n1c(CC)cnc1SCC(=O)O. The van der Waals surface area contributed by atoms with Crippen LogP contribution in [0.4, 0.5) is 0 Å². The van der Waals surface area contributed by atoms with E-state index in [1.165, 1.54) is 30.3 Å². The maximum atomic E-state index is 10.6. The fraction of sp³-hybridized carbons (Fsp3) is 0.692. The summed E-state index contributed by atoms with van der Waals surface area (Å²) in [6.07, 6.45) is 6.27. The fourth-order valence-electron chi connectivity index (χ4n) is 1.97. The molecule has 0 fully saturated rings. The average Bonchev–Trinajstić information content (AvgIpc) is 2.76. The number of unbranched alkanes of at least 4 members (excludes halogenated alkanes) is 1. The number of hydrogen-bond donors (Lipinski definition) is 1. The first-order valence-corrected chi connectivity index (χ1v) is 7.49. The van der Waals surface area contributed by atoms with Gasteiger partial charge in [-0.2, -0.15) is 0 Å². The second-order valence-electron chi connectivity index (χ2n) is 4.43. The third-order valence-electron chi connectivity index (χ3n) is 2.94. The predicted octanol–water partition coefficient (Wildman–Crippen LogP) is 3.37. The quantitative estimate of drug-likeness (QED) is 0.736. The second kappa shape index (κ2) is 7.46. The first-order valence-electron chi connectivity index (χ1n) is 6.50. The molecule has 1 unspecified atom stereocenters. The van der Waals surface area contributed by atoms with Crippen LogP contribution in [0, 0.1) is 0 Å². The highest BCUT2D eigenvalue weighted by Gasteiger charge is 2.15. The van der Waals surface area contributed by atoms with E-state index in [-0.39, 0.29) is 5.75 Å². The normalized spacial score (nSPS) is 12.6. The molecule has 0 bridgehead atoms. The third kappa shape index (κ3) is 4.05. The molecule has 0 amide bonds. The summed E-state index contributed by atoms with van der Waals surface area (Å²) in [5, 5.41) is 9.58. The molecule has 4 nitrogen and oxygen atoms in total. The first kappa shape index (κ1) is 15.1. The van der Waals surface area contributed by atoms with E-state index < -0.39 is 5.97 Å². The van der Waals surface area contributed by atoms with Gasteiger partial charge in [0.2, 0.25) is 0 Å². The van der Waals surface area contributed by atoms with Crippen LogP contribution < -0.4 is 0 Å². The zero-order chi connectivity index (χ0) is 13.5. The lowest BCUT2D eigenvalue weighted by atomic mass is 10.1. The summed E-state index contributed by atoms with van der Waals surface area (Å²) >= 11 is 1.31. The molecule has 1 atom stereocenters. The Bertz CT molecular complexity index is 390. The van der Waals surface area contributed by atoms with Gasteiger partial charge in [-0.15, -0.1) is 0 Å². The highest BCUT2D eigenvalue weighted by Crippen LogP contribution is 2.26. The molecule has 0 aromatic carbocycles. The number of aryl methyl sites for hydroxylation is 1. The Hall–Kier alpha value is -0.970. The summed E-state index contributed by atoms with van der Waals surface area (Å²) in [5.74, 6) is -0.727. The number of imidazole rings is 1. The van der Waals surface area contributed by atoms with Crippen LogP contribution >= 0.6 is 11.8 Å². The summed E-state index contributed by atoms with van der Waals surface area (Å²) in [4.78, 5) is 15.0. The van der Waals surface area contributed by atoms with Crippen molar-refractivity contribution in [2.24, 2.45) is 0 Å². The molecule has 1 aromatic heterocycles. The molecule has 0 saturated carbocycles. The van der Waals surface area contributed by atoms with Crippen LogP contribution in [0.5, 0.6) is 0 Å². The molecule has 1 heterocycles. The topological polar surface area (TPSA) is 55.1 Å². The van der Waals surface area contributed by atoms with E-state index in [9.17, 15) is 4.79 Å². The summed E-state index contributed by atoms with van der Waals surface area (Å²) < 4.78 is 2.20. The van der Waals surface area contributed by atoms with Crippen LogP contribution in [-0.2, 0) is 11.2 Å². The van der Waals surface area contributed by atoms with Gasteiger partial charge in [0.25, 0.3) is 0 Å². The van der Waals surface area contributed by atoms with Gasteiger partial charge < -0.3 is 9.67 Å². The van der Waals surface area contributed by atoms with E-state index in [2.05, 4.69) is 30.3 Å². The van der Waals surface area contributed by atoms with Crippen molar-refractivity contribution in [1.29, 1.82) is 0 Å². The number of aliphatic carboxylic acids is 1. The van der Waals surface area contributed by atoms with Crippen molar-refractivity contribution in [1.82, 2.24) is 9.55 Å². The Morgan fingerprint density at radius 2 is 2.28 bits per heavy atom. The summed E-state index contributed by atoms with van der Waals surface area (Å²) in [6.45, 7) is 6.47. The van der Waals surface area contributed by atoms with Gasteiger partial charge >= 0.3 is 5.97 Å². The van der Waals surface area contributed by atoms with Crippen molar-refractivity contribution in [2.75, 3.05) is 5.75 Å². The predicted molar refractivity (Wildman–Crippen MR) is 74.2 cm³/mol. The standard InChI is InChI=1S/C13H22N2O2S/c1-4-6-7-10(3)15-11(5-2)8-14-13(15)18-9-12(16)17/h8,10H,4-7,9H2,1-3H3,(H,16,17). The first-order chi connectivity index (χ1) is 8.60. The maximum Gasteiger partial charge on any atom is 0.313 e. The van der Waals surface area contributed by atoms with Crippen LogP contribution in [0.15, 0.2) is 11.4 Å². The summed E-state index contributed by atoms with van der Waals surface area (Å²) in [7, 11) is 0. The Labute approximate surface area is 113 Å². The molecule has 5 heteroatoms. The molecule has 0 saturated heterocycles. The number of thioether (sulfide) groups is 1. The molecule has 18 heavy (non-hydrogen) atoms. The fourth-order valence-corrected chi connectivity index (χ4v) is 2.79. The van der Waals surface area contributed by atoms with Gasteiger partial charge in [0.05, 0.1) is 5.75 Å². The van der Waals surface area contributed by atoms with Crippen molar-refractivity contribution in [2.45, 2.75) is 57.7 Å². The lowest BCUT2D eigenvalue weighted by molar-refractivity contribution is -0.133. The third-order valence-corrected chi connectivity index (χ3v) is 3.89. The van der Waals surface area contributed by atoms with Crippen LogP contribution in [-0.4, -0.2) is 26.4 Å². The lowest BCUT2D eigenvalue weighted by Gasteiger charge is -2.18. The highest BCUT2D eigenvalue weighted by molar-refractivity contribution is 7.99. The Kier molecular flexibility index (Phi) is 6.25. The Morgan fingerprint density at radius 3 is 2.83 bits per heavy atom. The smallest absolute Gasteiger partial charge is 0.313 e. The number of carboxylic acids is 1. The van der Waals surface area contributed by atoms with Crippen molar-refractivity contribution in [3.63, 3.8) is 0 Å². The van der Waals surface area contributed by atoms with Crippen molar-refractivity contribution < 1.29 is 9.90 Å². The van der Waals surface area contributed by atoms with Crippen LogP contribution in [0.3, 0.4) is 0 Å². The largest absolute Gasteiger partial charge is 0.481 e. The van der Waals surface area contributed by atoms with Crippen molar-refractivity contribution >= 4 is 17.7 Å². The monoisotopic (exact) mass is 270 g/mol. The molecule has 0 aliphatic carbocycles. The number of hydrogen-bond acceptors (Lipinski definition) is 3. The molecule has 0 spiro atoms. The number of aromatic nitrogens is 2. The van der Waals surface area contributed by atoms with E-state index in [1.54, 1.807) is 0 Å². The maximum absolute atomic E-state index is 10.6. The van der Waals surface area contributed by atoms with E-state index in [4.69, 9.17) is 5.11 Å². The molecule has 1 rings (SSSR count). The zero-order valence-electron chi connectivity index (χ0n) is 11.3. The van der Waals surface area contributed by atoms with Gasteiger partial charge in [0.1, 0.15) is 0 Å². The number of nitrogens with zero attached hydrogens (tertiary/aromatic N) is 2. The minimum atomic E-state index is -0.797. The van der Waals surface area contributed by atoms with Crippen LogP contribution in [0.25, 0.3) is 0 Å². The minimum Gasteiger partial charge on any atom is -0.481 e. The zero-order valence-corrected chi connectivity index (χ0v) is 12.2. The second-order valence-corrected chi connectivity index (χ2v) is 5.37. The highest BCUT2D eigenvalue weighted by atomic mass is 32.2. The van der Waals surface area contributed by atoms with Gasteiger partial charge in [-0.25, -0.2) is 4.98 Å². The van der Waals surface area contributed by atoms with E-state index in [0.717, 1.165) is 18.0 Å². The minimum absolute atomic E-state index is 0.0701. The summed E-state index contributed by atoms with van der Waals surface area (Å²) in [6, 6.07) is 0.388. The number of carboxylic acid groups (broad SMARTS) is 1. The van der Waals surface area contributed by atoms with Gasteiger partial charge in [-0.05, 0) is 19.8 Å². The summed E-state index contributed by atoms with van der Waals surface area (Å²) in [5.41, 5.74) is 1.19.